The maximum atomic E-state index is 12.1. The van der Waals surface area contributed by atoms with E-state index in [9.17, 15) is 18.3 Å². The fourth-order valence-corrected chi connectivity index (χ4v) is 3.96. The Morgan fingerprint density at radius 2 is 1.90 bits per heavy atom. The van der Waals surface area contributed by atoms with Crippen LogP contribution in [0.5, 0.6) is 0 Å². The van der Waals surface area contributed by atoms with Gasteiger partial charge in [0.25, 0.3) is 5.16 Å². The van der Waals surface area contributed by atoms with Crippen molar-refractivity contribution in [1.29, 1.82) is 0 Å². The van der Waals surface area contributed by atoms with Gasteiger partial charge in [0.05, 0.1) is 6.20 Å². The number of sulfone groups is 1. The van der Waals surface area contributed by atoms with Crippen molar-refractivity contribution in [3.63, 3.8) is 0 Å². The predicted molar refractivity (Wildman–Crippen MR) is 117 cm³/mol. The number of nitrogens with one attached hydrogen (secondary N) is 2. The fourth-order valence-electron chi connectivity index (χ4n) is 3.46. The molecule has 0 spiro atoms. The molecule has 0 aliphatic carbocycles. The van der Waals surface area contributed by atoms with Gasteiger partial charge in [-0.05, 0) is 29.0 Å². The van der Waals surface area contributed by atoms with Crippen LogP contribution < -0.4 is 10.6 Å². The van der Waals surface area contributed by atoms with Crippen molar-refractivity contribution in [2.75, 3.05) is 16.9 Å². The van der Waals surface area contributed by atoms with Gasteiger partial charge in [0.2, 0.25) is 15.8 Å². The summed E-state index contributed by atoms with van der Waals surface area (Å²) in [5.74, 6) is 0.238. The standard InChI is InChI=1S/C20H26N6O4S/c1-6-12-11-22-26-16(12)24-18(31(5,29)30)25-17(26)21-10-13-8-7-9-14(23-19(27)28)15(13)20(2,3)4/h7-9,11,23H,6,10H2,1-5H3,(H,27,28)(H,21,24,25). The Bertz CT molecular complexity index is 1240. The van der Waals surface area contributed by atoms with Crippen LogP contribution in [0.25, 0.3) is 5.65 Å². The van der Waals surface area contributed by atoms with E-state index in [1.54, 1.807) is 18.3 Å². The van der Waals surface area contributed by atoms with Gasteiger partial charge in [-0.2, -0.15) is 19.6 Å². The number of rotatable bonds is 6. The van der Waals surface area contributed by atoms with Crippen LogP contribution in [0.1, 0.15) is 44.4 Å². The molecule has 3 aromatic rings. The van der Waals surface area contributed by atoms with Crippen molar-refractivity contribution < 1.29 is 18.3 Å². The summed E-state index contributed by atoms with van der Waals surface area (Å²) in [6, 6.07) is 5.36. The van der Waals surface area contributed by atoms with Crippen molar-refractivity contribution in [3.05, 3.63) is 41.1 Å². The molecule has 0 radical (unpaired) electrons. The van der Waals surface area contributed by atoms with E-state index in [1.165, 1.54) is 4.52 Å². The minimum absolute atomic E-state index is 0.238. The second kappa shape index (κ2) is 8.14. The summed E-state index contributed by atoms with van der Waals surface area (Å²) < 4.78 is 25.7. The van der Waals surface area contributed by atoms with Crippen molar-refractivity contribution in [2.45, 2.75) is 51.2 Å². The zero-order valence-corrected chi connectivity index (χ0v) is 18.9. The van der Waals surface area contributed by atoms with Gasteiger partial charge in [0, 0.05) is 24.1 Å². The number of amides is 1. The smallest absolute Gasteiger partial charge is 0.409 e. The highest BCUT2D eigenvalue weighted by Gasteiger charge is 2.24. The molecule has 10 nitrogen and oxygen atoms in total. The van der Waals surface area contributed by atoms with E-state index in [0.717, 1.165) is 22.9 Å². The first kappa shape index (κ1) is 22.5. The average molecular weight is 447 g/mol. The lowest BCUT2D eigenvalue weighted by atomic mass is 9.82. The van der Waals surface area contributed by atoms with Crippen molar-refractivity contribution >= 4 is 33.2 Å². The van der Waals surface area contributed by atoms with E-state index in [1.807, 2.05) is 33.8 Å². The minimum Gasteiger partial charge on any atom is -0.465 e. The van der Waals surface area contributed by atoms with Crippen LogP contribution in [0.4, 0.5) is 16.4 Å². The van der Waals surface area contributed by atoms with Crippen LogP contribution in [-0.2, 0) is 28.2 Å². The summed E-state index contributed by atoms with van der Waals surface area (Å²) in [6.07, 6.45) is 2.19. The van der Waals surface area contributed by atoms with Crippen molar-refractivity contribution in [1.82, 2.24) is 19.6 Å². The molecule has 0 saturated carbocycles. The molecule has 1 aromatic carbocycles. The first-order chi connectivity index (χ1) is 14.4. The largest absolute Gasteiger partial charge is 0.465 e. The second-order valence-corrected chi connectivity index (χ2v) is 10.1. The van der Waals surface area contributed by atoms with Crippen LogP contribution >= 0.6 is 0 Å². The third-order valence-corrected chi connectivity index (χ3v) is 5.56. The van der Waals surface area contributed by atoms with Crippen LogP contribution in [0.3, 0.4) is 0 Å². The van der Waals surface area contributed by atoms with E-state index in [-0.39, 0.29) is 23.1 Å². The zero-order chi connectivity index (χ0) is 23.0. The van der Waals surface area contributed by atoms with Crippen LogP contribution in [0.15, 0.2) is 29.6 Å². The third kappa shape index (κ3) is 4.76. The lowest BCUT2D eigenvalue weighted by molar-refractivity contribution is 0.209. The number of anilines is 2. The molecule has 2 heterocycles. The van der Waals surface area contributed by atoms with Gasteiger partial charge >= 0.3 is 6.09 Å². The lowest BCUT2D eigenvalue weighted by Crippen LogP contribution is -2.21. The Morgan fingerprint density at radius 3 is 2.48 bits per heavy atom. The van der Waals surface area contributed by atoms with Gasteiger partial charge in [-0.3, -0.25) is 5.32 Å². The molecular formula is C20H26N6O4S. The first-order valence-corrected chi connectivity index (χ1v) is 11.6. The Labute approximate surface area is 180 Å². The Kier molecular flexibility index (Phi) is 5.90. The molecule has 166 valence electrons. The molecule has 0 atom stereocenters. The predicted octanol–water partition coefficient (Wildman–Crippen LogP) is 3.09. The molecule has 3 N–H and O–H groups in total. The third-order valence-electron chi connectivity index (χ3n) is 4.71. The molecule has 3 rings (SSSR count). The molecule has 0 aliphatic heterocycles. The normalized spacial score (nSPS) is 12.2. The number of nitrogens with zero attached hydrogens (tertiary/aromatic N) is 4. The lowest BCUT2D eigenvalue weighted by Gasteiger charge is -2.26. The summed E-state index contributed by atoms with van der Waals surface area (Å²) in [5, 5.41) is 18.8. The summed E-state index contributed by atoms with van der Waals surface area (Å²) >= 11 is 0. The SMILES string of the molecule is CCc1cnn2c(NCc3cccc(NC(=O)O)c3C(C)(C)C)nc(S(C)(=O)=O)nc12. The van der Waals surface area contributed by atoms with E-state index in [0.29, 0.717) is 17.8 Å². The maximum Gasteiger partial charge on any atom is 0.409 e. The van der Waals surface area contributed by atoms with Crippen molar-refractivity contribution in [3.8, 4) is 0 Å². The summed E-state index contributed by atoms with van der Waals surface area (Å²) in [4.78, 5) is 19.6. The number of aryl methyl sites for hydroxylation is 1. The maximum absolute atomic E-state index is 12.1. The highest BCUT2D eigenvalue weighted by molar-refractivity contribution is 7.90. The molecule has 0 bridgehead atoms. The molecule has 0 unspecified atom stereocenters. The van der Waals surface area contributed by atoms with E-state index in [2.05, 4.69) is 25.7 Å². The molecule has 1 amide bonds. The molecule has 11 heteroatoms. The summed E-state index contributed by atoms with van der Waals surface area (Å²) in [7, 11) is -3.63. The van der Waals surface area contributed by atoms with Crippen molar-refractivity contribution in [2.24, 2.45) is 0 Å². The zero-order valence-electron chi connectivity index (χ0n) is 18.1. The quantitative estimate of drug-likeness (QED) is 0.525. The van der Waals surface area contributed by atoms with Gasteiger partial charge in [-0.25, -0.2) is 13.2 Å². The highest BCUT2D eigenvalue weighted by Crippen LogP contribution is 2.33. The first-order valence-electron chi connectivity index (χ1n) is 9.72. The molecule has 2 aromatic heterocycles. The number of hydrogen-bond donors (Lipinski definition) is 3. The number of carboxylic acid groups (broad SMARTS) is 1. The Morgan fingerprint density at radius 1 is 1.19 bits per heavy atom. The summed E-state index contributed by atoms with van der Waals surface area (Å²) in [5.41, 5.74) is 3.05. The number of benzene rings is 1. The minimum atomic E-state index is -3.63. The second-order valence-electron chi connectivity index (χ2n) is 8.23. The molecule has 0 saturated heterocycles. The molecule has 0 fully saturated rings. The number of carbonyl (C=O) groups is 1. The van der Waals surface area contributed by atoms with Gasteiger partial charge in [0.1, 0.15) is 0 Å². The number of hydrogen-bond acceptors (Lipinski definition) is 7. The topological polar surface area (TPSA) is 139 Å². The van der Waals surface area contributed by atoms with Crippen LogP contribution in [0.2, 0.25) is 0 Å². The monoisotopic (exact) mass is 446 g/mol. The average Bonchev–Trinajstić information content (AvgIpc) is 3.07. The fraction of sp³-hybridized carbons (Fsp3) is 0.400. The highest BCUT2D eigenvalue weighted by atomic mass is 32.2. The molecule has 0 aliphatic rings. The van der Waals surface area contributed by atoms with Gasteiger partial charge in [-0.15, -0.1) is 0 Å². The Balaban J connectivity index is 2.07. The van der Waals surface area contributed by atoms with Gasteiger partial charge in [0.15, 0.2) is 5.65 Å². The van der Waals surface area contributed by atoms with E-state index < -0.39 is 15.9 Å². The van der Waals surface area contributed by atoms with Crippen LogP contribution in [-0.4, -0.2) is 45.5 Å². The van der Waals surface area contributed by atoms with Crippen LogP contribution in [0, 0.1) is 0 Å². The van der Waals surface area contributed by atoms with Gasteiger partial charge in [-0.1, -0.05) is 39.8 Å². The molecule has 31 heavy (non-hydrogen) atoms. The summed E-state index contributed by atoms with van der Waals surface area (Å²) in [6.45, 7) is 8.18. The van der Waals surface area contributed by atoms with E-state index >= 15 is 0 Å². The molecular weight excluding hydrogens is 420 g/mol. The number of aromatic nitrogens is 4. The van der Waals surface area contributed by atoms with E-state index in [4.69, 9.17) is 0 Å². The number of fused-ring (bicyclic) bond motifs is 1. The van der Waals surface area contributed by atoms with Gasteiger partial charge < -0.3 is 10.4 Å². The Hall–Kier alpha value is -3.21.